The van der Waals surface area contributed by atoms with Crippen molar-refractivity contribution in [3.63, 3.8) is 0 Å². The van der Waals surface area contributed by atoms with Crippen LogP contribution >= 0.6 is 0 Å². The fourth-order valence-electron chi connectivity index (χ4n) is 1.37. The topological polar surface area (TPSA) is 99.1 Å². The Labute approximate surface area is 94.8 Å². The maximum absolute atomic E-state index is 11.1. The van der Waals surface area contributed by atoms with Gasteiger partial charge in [0.2, 0.25) is 5.78 Å². The van der Waals surface area contributed by atoms with Crippen LogP contribution in [0.4, 0.5) is 0 Å². The van der Waals surface area contributed by atoms with Crippen molar-refractivity contribution in [1.82, 2.24) is 10.3 Å². The first-order valence-corrected chi connectivity index (χ1v) is 4.68. The van der Waals surface area contributed by atoms with Gasteiger partial charge in [0.1, 0.15) is 11.0 Å². The highest BCUT2D eigenvalue weighted by Gasteiger charge is 2.18. The van der Waals surface area contributed by atoms with Crippen LogP contribution in [0.3, 0.4) is 0 Å². The van der Waals surface area contributed by atoms with E-state index in [0.717, 1.165) is 13.0 Å². The van der Waals surface area contributed by atoms with Gasteiger partial charge in [0, 0.05) is 18.6 Å². The number of carbonyl (C=O) groups excluding carboxylic acids is 1. The average Bonchev–Trinajstić information content (AvgIpc) is 2.73. The first-order chi connectivity index (χ1) is 8.09. The Morgan fingerprint density at radius 2 is 2.24 bits per heavy atom. The molecule has 7 nitrogen and oxygen atoms in total. The first kappa shape index (κ1) is 10.9. The molecule has 0 aliphatic heterocycles. The van der Waals surface area contributed by atoms with E-state index in [0.29, 0.717) is 16.6 Å². The fraction of sp³-hybridized carbons (Fsp3) is 0.100. The van der Waals surface area contributed by atoms with E-state index in [1.807, 2.05) is 0 Å². The van der Waals surface area contributed by atoms with Gasteiger partial charge in [-0.15, -0.1) is 0 Å². The number of allylic oxidation sites excluding steroid dienone is 1. The smallest absolute Gasteiger partial charge is 0.288 e. The number of nitro groups is 1. The molecule has 0 N–H and O–H groups in total. The lowest BCUT2D eigenvalue weighted by Crippen LogP contribution is -2.07. The third-order valence-corrected chi connectivity index (χ3v) is 2.17. The summed E-state index contributed by atoms with van der Waals surface area (Å²) in [7, 11) is 0. The molecular weight excluding hydrogens is 226 g/mol. The zero-order valence-electron chi connectivity index (χ0n) is 8.78. The van der Waals surface area contributed by atoms with Gasteiger partial charge < -0.3 is 0 Å². The predicted molar refractivity (Wildman–Crippen MR) is 57.5 cm³/mol. The molecule has 86 valence electrons. The number of aromatic nitrogens is 2. The Bertz CT molecular complexity index is 613. The van der Waals surface area contributed by atoms with Crippen molar-refractivity contribution in [2.45, 2.75) is 6.92 Å². The number of ketones is 1. The largest absolute Gasteiger partial charge is 0.312 e. The summed E-state index contributed by atoms with van der Waals surface area (Å²) in [5.74, 6) is -0.622. The standard InChI is InChI=1S/C10H7N3O4/c1-6(14)9(13(15)16)5-7-3-2-4-8-10(7)12-17-11-8/h2-5H,1H3/b9-5-. The lowest BCUT2D eigenvalue weighted by molar-refractivity contribution is -0.417. The van der Waals surface area contributed by atoms with Gasteiger partial charge in [-0.25, -0.2) is 4.63 Å². The predicted octanol–water partition coefficient (Wildman–Crippen LogP) is 1.43. The van der Waals surface area contributed by atoms with Crippen LogP contribution in [0.2, 0.25) is 0 Å². The molecule has 1 aromatic carbocycles. The molecule has 2 rings (SSSR count). The maximum atomic E-state index is 11.1. The summed E-state index contributed by atoms with van der Waals surface area (Å²) in [6.45, 7) is 1.13. The Morgan fingerprint density at radius 1 is 1.47 bits per heavy atom. The van der Waals surface area contributed by atoms with Crippen molar-refractivity contribution >= 4 is 22.9 Å². The Hall–Kier alpha value is -2.57. The van der Waals surface area contributed by atoms with Gasteiger partial charge in [-0.05, 0) is 16.4 Å². The summed E-state index contributed by atoms with van der Waals surface area (Å²) in [6.07, 6.45) is 1.16. The zero-order chi connectivity index (χ0) is 12.4. The minimum Gasteiger partial charge on any atom is -0.288 e. The molecule has 0 saturated carbocycles. The summed E-state index contributed by atoms with van der Waals surface area (Å²) in [4.78, 5) is 21.0. The van der Waals surface area contributed by atoms with Crippen LogP contribution in [0, 0.1) is 10.1 Å². The van der Waals surface area contributed by atoms with Crippen molar-refractivity contribution < 1.29 is 14.3 Å². The number of hydrogen-bond donors (Lipinski definition) is 0. The number of Topliss-reactive ketones (excluding diaryl/α,β-unsaturated/α-hetero) is 1. The summed E-state index contributed by atoms with van der Waals surface area (Å²) in [6, 6.07) is 4.90. The molecule has 0 unspecified atom stereocenters. The van der Waals surface area contributed by atoms with E-state index >= 15 is 0 Å². The molecule has 1 heterocycles. The number of carbonyl (C=O) groups is 1. The number of fused-ring (bicyclic) bond motifs is 1. The molecule has 0 saturated heterocycles. The lowest BCUT2D eigenvalue weighted by Gasteiger charge is -1.94. The molecular formula is C10H7N3O4. The van der Waals surface area contributed by atoms with Crippen molar-refractivity contribution in [1.29, 1.82) is 0 Å². The monoisotopic (exact) mass is 233 g/mol. The van der Waals surface area contributed by atoms with Crippen LogP contribution in [0.1, 0.15) is 12.5 Å². The van der Waals surface area contributed by atoms with Crippen LogP contribution in [0.5, 0.6) is 0 Å². The molecule has 0 spiro atoms. The quantitative estimate of drug-likeness (QED) is 0.451. The Balaban J connectivity index is 2.60. The molecule has 2 aromatic rings. The molecule has 0 atom stereocenters. The van der Waals surface area contributed by atoms with Crippen LogP contribution < -0.4 is 0 Å². The van der Waals surface area contributed by atoms with Gasteiger partial charge in [-0.2, -0.15) is 0 Å². The van der Waals surface area contributed by atoms with Gasteiger partial charge >= 0.3 is 5.70 Å². The second-order valence-corrected chi connectivity index (χ2v) is 3.32. The molecule has 0 fully saturated rings. The van der Waals surface area contributed by atoms with Crippen molar-refractivity contribution in [3.8, 4) is 0 Å². The fourth-order valence-corrected chi connectivity index (χ4v) is 1.37. The molecule has 0 amide bonds. The van der Waals surface area contributed by atoms with Crippen molar-refractivity contribution in [2.75, 3.05) is 0 Å². The minimum atomic E-state index is -0.728. The molecule has 0 radical (unpaired) electrons. The van der Waals surface area contributed by atoms with Crippen LogP contribution in [-0.2, 0) is 4.79 Å². The number of nitrogens with zero attached hydrogens (tertiary/aromatic N) is 3. The van der Waals surface area contributed by atoms with Crippen molar-refractivity contribution in [2.24, 2.45) is 0 Å². The second kappa shape index (κ2) is 4.12. The molecule has 0 aliphatic carbocycles. The van der Waals surface area contributed by atoms with Gasteiger partial charge in [-0.1, -0.05) is 12.1 Å². The normalized spacial score (nSPS) is 11.7. The van der Waals surface area contributed by atoms with Crippen molar-refractivity contribution in [3.05, 3.63) is 39.6 Å². The van der Waals surface area contributed by atoms with E-state index in [2.05, 4.69) is 14.9 Å². The van der Waals surface area contributed by atoms with E-state index in [4.69, 9.17) is 0 Å². The molecule has 7 heteroatoms. The Morgan fingerprint density at radius 3 is 2.88 bits per heavy atom. The van der Waals surface area contributed by atoms with Crippen LogP contribution in [0.25, 0.3) is 17.1 Å². The summed E-state index contributed by atoms with van der Waals surface area (Å²) < 4.78 is 4.52. The van der Waals surface area contributed by atoms with E-state index in [9.17, 15) is 14.9 Å². The SMILES string of the molecule is CC(=O)/C(=C/c1cccc2nonc12)[N+](=O)[O-]. The van der Waals surface area contributed by atoms with Crippen LogP contribution in [-0.4, -0.2) is 21.0 Å². The molecule has 17 heavy (non-hydrogen) atoms. The summed E-state index contributed by atoms with van der Waals surface area (Å²) >= 11 is 0. The third-order valence-electron chi connectivity index (χ3n) is 2.17. The lowest BCUT2D eigenvalue weighted by atomic mass is 10.1. The van der Waals surface area contributed by atoms with Gasteiger partial charge in [0.15, 0.2) is 0 Å². The van der Waals surface area contributed by atoms with E-state index in [1.54, 1.807) is 18.2 Å². The summed E-state index contributed by atoms with van der Waals surface area (Å²) in [5.41, 5.74) is 0.782. The van der Waals surface area contributed by atoms with E-state index in [1.165, 1.54) is 0 Å². The van der Waals surface area contributed by atoms with E-state index < -0.39 is 16.4 Å². The number of benzene rings is 1. The maximum Gasteiger partial charge on any atom is 0.312 e. The van der Waals surface area contributed by atoms with Gasteiger partial charge in [0.05, 0.1) is 4.92 Å². The van der Waals surface area contributed by atoms with Gasteiger partial charge in [-0.3, -0.25) is 14.9 Å². The second-order valence-electron chi connectivity index (χ2n) is 3.32. The molecule has 0 bridgehead atoms. The highest BCUT2D eigenvalue weighted by molar-refractivity contribution is 5.97. The Kier molecular flexibility index (Phi) is 2.65. The van der Waals surface area contributed by atoms with Crippen LogP contribution in [0.15, 0.2) is 28.5 Å². The van der Waals surface area contributed by atoms with E-state index in [-0.39, 0.29) is 0 Å². The molecule has 0 aliphatic rings. The third kappa shape index (κ3) is 2.03. The number of rotatable bonds is 3. The highest BCUT2D eigenvalue weighted by Crippen LogP contribution is 2.18. The summed E-state index contributed by atoms with van der Waals surface area (Å²) in [5, 5.41) is 17.9. The highest BCUT2D eigenvalue weighted by atomic mass is 16.6. The molecule has 1 aromatic heterocycles. The van der Waals surface area contributed by atoms with Gasteiger partial charge in [0.25, 0.3) is 0 Å². The minimum absolute atomic E-state index is 0.383. The zero-order valence-corrected chi connectivity index (χ0v) is 8.78. The average molecular weight is 233 g/mol. The number of hydrogen-bond acceptors (Lipinski definition) is 6. The first-order valence-electron chi connectivity index (χ1n) is 4.68.